The highest BCUT2D eigenvalue weighted by Gasteiger charge is 2.52. The summed E-state index contributed by atoms with van der Waals surface area (Å²) in [7, 11) is 0. The molecule has 110 valence electrons. The first-order valence-electron chi connectivity index (χ1n) is 7.26. The standard InChI is InChI=1S/C15H17FN4O/c16-13-2-1-12(5-10(13)8-21)20-7-14(18-19-20)15-4-3-11(15)6-17-9-15/h1-2,5,7,11,17,21H,3-4,6,8-9H2/t11-,15-/m0/s1. The van der Waals surface area contributed by atoms with Crippen molar-refractivity contribution in [1.29, 1.82) is 0 Å². The lowest BCUT2D eigenvalue weighted by Gasteiger charge is -2.42. The first-order valence-corrected chi connectivity index (χ1v) is 7.26. The van der Waals surface area contributed by atoms with Crippen molar-refractivity contribution < 1.29 is 9.50 Å². The fraction of sp³-hybridized carbons (Fsp3) is 0.467. The maximum absolute atomic E-state index is 13.4. The molecular weight excluding hydrogens is 271 g/mol. The SMILES string of the molecule is OCc1cc(-n2cc([C@]34CC[C@H]3CNC4)nn2)ccc1F. The Morgan fingerprint density at radius 2 is 2.38 bits per heavy atom. The van der Waals surface area contributed by atoms with Gasteiger partial charge in [0.15, 0.2) is 0 Å². The number of benzene rings is 1. The maximum Gasteiger partial charge on any atom is 0.128 e. The number of hydrogen-bond donors (Lipinski definition) is 2. The fourth-order valence-corrected chi connectivity index (χ4v) is 3.57. The first kappa shape index (κ1) is 12.9. The zero-order valence-electron chi connectivity index (χ0n) is 11.6. The largest absolute Gasteiger partial charge is 0.392 e. The molecule has 1 aliphatic carbocycles. The summed E-state index contributed by atoms with van der Waals surface area (Å²) < 4.78 is 15.1. The Hall–Kier alpha value is -1.79. The highest BCUT2D eigenvalue weighted by Crippen LogP contribution is 2.50. The van der Waals surface area contributed by atoms with E-state index in [0.717, 1.165) is 30.9 Å². The number of fused-ring (bicyclic) bond motifs is 1. The van der Waals surface area contributed by atoms with Gasteiger partial charge in [0.05, 0.1) is 24.2 Å². The van der Waals surface area contributed by atoms with Crippen LogP contribution in [0.15, 0.2) is 24.4 Å². The molecule has 1 saturated heterocycles. The molecule has 4 rings (SSSR count). The number of halogens is 1. The van der Waals surface area contributed by atoms with Crippen molar-refractivity contribution in [3.63, 3.8) is 0 Å². The second-order valence-corrected chi connectivity index (χ2v) is 6.00. The van der Waals surface area contributed by atoms with Gasteiger partial charge in [0.1, 0.15) is 5.82 Å². The average molecular weight is 288 g/mol. The summed E-state index contributed by atoms with van der Waals surface area (Å²) in [6.45, 7) is 1.69. The molecule has 2 heterocycles. The van der Waals surface area contributed by atoms with Crippen molar-refractivity contribution in [3.8, 4) is 5.69 Å². The number of nitrogens with zero attached hydrogens (tertiary/aromatic N) is 3. The van der Waals surface area contributed by atoms with E-state index in [-0.39, 0.29) is 17.6 Å². The molecule has 21 heavy (non-hydrogen) atoms. The second-order valence-electron chi connectivity index (χ2n) is 6.00. The average Bonchev–Trinajstić information content (AvgIpc) is 3.06. The highest BCUT2D eigenvalue weighted by atomic mass is 19.1. The molecule has 2 atom stereocenters. The van der Waals surface area contributed by atoms with E-state index in [1.165, 1.54) is 12.5 Å². The molecule has 2 N–H and O–H groups in total. The number of nitrogens with one attached hydrogen (secondary N) is 1. The lowest BCUT2D eigenvalue weighted by molar-refractivity contribution is 0.176. The summed E-state index contributed by atoms with van der Waals surface area (Å²) in [5, 5.41) is 21.1. The van der Waals surface area contributed by atoms with Gasteiger partial charge in [-0.1, -0.05) is 5.21 Å². The van der Waals surface area contributed by atoms with Gasteiger partial charge in [-0.15, -0.1) is 5.10 Å². The highest BCUT2D eigenvalue weighted by molar-refractivity contribution is 5.37. The number of aliphatic hydroxyl groups is 1. The van der Waals surface area contributed by atoms with Crippen LogP contribution in [0.3, 0.4) is 0 Å². The monoisotopic (exact) mass is 288 g/mol. The minimum Gasteiger partial charge on any atom is -0.392 e. The predicted molar refractivity (Wildman–Crippen MR) is 74.5 cm³/mol. The van der Waals surface area contributed by atoms with Crippen LogP contribution in [-0.4, -0.2) is 33.2 Å². The summed E-state index contributed by atoms with van der Waals surface area (Å²) in [6, 6.07) is 4.61. The van der Waals surface area contributed by atoms with Gasteiger partial charge < -0.3 is 10.4 Å². The van der Waals surface area contributed by atoms with Gasteiger partial charge in [0, 0.05) is 17.5 Å². The Bertz CT molecular complexity index is 686. The first-order chi connectivity index (χ1) is 10.2. The van der Waals surface area contributed by atoms with E-state index in [1.807, 2.05) is 6.20 Å². The van der Waals surface area contributed by atoms with Gasteiger partial charge in [0.25, 0.3) is 0 Å². The molecule has 1 aliphatic heterocycles. The van der Waals surface area contributed by atoms with Gasteiger partial charge >= 0.3 is 0 Å². The molecule has 0 spiro atoms. The fourth-order valence-electron chi connectivity index (χ4n) is 3.57. The minimum atomic E-state index is -0.403. The third-order valence-corrected chi connectivity index (χ3v) is 5.02. The van der Waals surface area contributed by atoms with Gasteiger partial charge in [-0.25, -0.2) is 9.07 Å². The summed E-state index contributed by atoms with van der Waals surface area (Å²) >= 11 is 0. The molecule has 0 bridgehead atoms. The van der Waals surface area contributed by atoms with Crippen molar-refractivity contribution in [3.05, 3.63) is 41.5 Å². The Morgan fingerprint density at radius 3 is 3.10 bits per heavy atom. The molecule has 0 amide bonds. The maximum atomic E-state index is 13.4. The second kappa shape index (κ2) is 4.61. The lowest BCUT2D eigenvalue weighted by Crippen LogP contribution is -2.44. The Labute approximate surface area is 121 Å². The van der Waals surface area contributed by atoms with E-state index in [1.54, 1.807) is 16.8 Å². The van der Waals surface area contributed by atoms with Gasteiger partial charge in [0.2, 0.25) is 0 Å². The summed E-state index contributed by atoms with van der Waals surface area (Å²) in [5.74, 6) is 0.253. The molecule has 2 aromatic rings. The third-order valence-electron chi connectivity index (χ3n) is 5.02. The topological polar surface area (TPSA) is 63.0 Å². The number of aromatic nitrogens is 3. The zero-order valence-corrected chi connectivity index (χ0v) is 11.6. The minimum absolute atomic E-state index is 0.137. The molecule has 0 radical (unpaired) electrons. The Kier molecular flexibility index (Phi) is 2.83. The van der Waals surface area contributed by atoms with Gasteiger partial charge in [-0.3, -0.25) is 0 Å². The molecule has 5 nitrogen and oxygen atoms in total. The molecular formula is C15H17FN4O. The van der Waals surface area contributed by atoms with Gasteiger partial charge in [-0.05, 0) is 43.5 Å². The van der Waals surface area contributed by atoms with Gasteiger partial charge in [-0.2, -0.15) is 0 Å². The van der Waals surface area contributed by atoms with Crippen LogP contribution in [-0.2, 0) is 12.0 Å². The van der Waals surface area contributed by atoms with E-state index < -0.39 is 5.82 Å². The van der Waals surface area contributed by atoms with Crippen molar-refractivity contribution in [2.45, 2.75) is 24.9 Å². The van der Waals surface area contributed by atoms with Crippen LogP contribution >= 0.6 is 0 Å². The summed E-state index contributed by atoms with van der Waals surface area (Å²) in [6.07, 6.45) is 4.33. The molecule has 1 saturated carbocycles. The molecule has 1 aromatic carbocycles. The normalized spacial score (nSPS) is 27.4. The number of rotatable bonds is 3. The van der Waals surface area contributed by atoms with E-state index in [9.17, 15) is 4.39 Å². The molecule has 6 heteroatoms. The number of aliphatic hydroxyl groups excluding tert-OH is 1. The molecule has 2 fully saturated rings. The molecule has 0 unspecified atom stereocenters. The summed E-state index contributed by atoms with van der Waals surface area (Å²) in [4.78, 5) is 0. The van der Waals surface area contributed by atoms with Crippen molar-refractivity contribution >= 4 is 0 Å². The Morgan fingerprint density at radius 1 is 1.48 bits per heavy atom. The van der Waals surface area contributed by atoms with Crippen LogP contribution < -0.4 is 5.32 Å². The van der Waals surface area contributed by atoms with E-state index in [4.69, 9.17) is 5.11 Å². The van der Waals surface area contributed by atoms with Crippen LogP contribution in [0.25, 0.3) is 5.69 Å². The van der Waals surface area contributed by atoms with Crippen LogP contribution in [0.5, 0.6) is 0 Å². The van der Waals surface area contributed by atoms with Crippen LogP contribution in [0.2, 0.25) is 0 Å². The smallest absolute Gasteiger partial charge is 0.128 e. The Balaban J connectivity index is 1.69. The van der Waals surface area contributed by atoms with E-state index in [2.05, 4.69) is 15.6 Å². The molecule has 1 aromatic heterocycles. The van der Waals surface area contributed by atoms with Crippen LogP contribution in [0.4, 0.5) is 4.39 Å². The van der Waals surface area contributed by atoms with Crippen LogP contribution in [0, 0.1) is 11.7 Å². The third kappa shape index (κ3) is 1.82. The van der Waals surface area contributed by atoms with E-state index in [0.29, 0.717) is 5.92 Å². The predicted octanol–water partition coefficient (Wildman–Crippen LogP) is 1.15. The van der Waals surface area contributed by atoms with Crippen LogP contribution in [0.1, 0.15) is 24.1 Å². The van der Waals surface area contributed by atoms with Crippen molar-refractivity contribution in [2.75, 3.05) is 13.1 Å². The van der Waals surface area contributed by atoms with Crippen molar-refractivity contribution in [1.82, 2.24) is 20.3 Å². The number of hydrogen-bond acceptors (Lipinski definition) is 4. The summed E-state index contributed by atoms with van der Waals surface area (Å²) in [5.41, 5.74) is 2.14. The quantitative estimate of drug-likeness (QED) is 0.889. The van der Waals surface area contributed by atoms with E-state index >= 15 is 0 Å². The lowest BCUT2D eigenvalue weighted by atomic mass is 9.60. The van der Waals surface area contributed by atoms with Crippen molar-refractivity contribution in [2.24, 2.45) is 5.92 Å². The zero-order chi connectivity index (χ0) is 14.4. The molecule has 2 aliphatic rings.